The number of hydrogen-bond donors (Lipinski definition) is 1. The Morgan fingerprint density at radius 1 is 1.15 bits per heavy atom. The van der Waals surface area contributed by atoms with Gasteiger partial charge >= 0.3 is 0 Å². The molecule has 3 aromatic rings. The van der Waals surface area contributed by atoms with E-state index in [1.807, 2.05) is 73.5 Å². The monoisotopic (exact) mass is 379 g/mol. The normalized spacial score (nSPS) is 19.2. The number of hydrogen-bond acceptors (Lipinski definition) is 4. The van der Waals surface area contributed by atoms with Gasteiger partial charge in [-0.25, -0.2) is 0 Å². The van der Waals surface area contributed by atoms with Crippen LogP contribution in [0.25, 0.3) is 11.3 Å². The van der Waals surface area contributed by atoms with Gasteiger partial charge in [0.1, 0.15) is 23.3 Å². The maximum atomic E-state index is 6.21. The molecule has 0 unspecified atom stereocenters. The van der Waals surface area contributed by atoms with Crippen molar-refractivity contribution < 1.29 is 9.15 Å². The highest BCUT2D eigenvalue weighted by Crippen LogP contribution is 2.39. The van der Waals surface area contributed by atoms with Crippen LogP contribution in [0.3, 0.4) is 0 Å². The van der Waals surface area contributed by atoms with Crippen LogP contribution in [0, 0.1) is 0 Å². The first-order valence-electron chi connectivity index (χ1n) is 8.94. The molecule has 138 valence electrons. The SMILES string of the molecule is CCOc1ccc(-c2ccc([C@@H]3[C@H](c4ccccn4)NC(=S)N3C)o2)cc1. The fourth-order valence-corrected chi connectivity index (χ4v) is 3.60. The minimum atomic E-state index is -0.0527. The predicted octanol–water partition coefficient (Wildman–Crippen LogP) is 4.34. The summed E-state index contributed by atoms with van der Waals surface area (Å²) in [5, 5.41) is 4.05. The smallest absolute Gasteiger partial charge is 0.170 e. The molecule has 1 aliphatic rings. The Kier molecular flexibility index (Phi) is 4.81. The van der Waals surface area contributed by atoms with Gasteiger partial charge < -0.3 is 19.4 Å². The van der Waals surface area contributed by atoms with Crippen LogP contribution in [-0.4, -0.2) is 28.7 Å². The number of rotatable bonds is 5. The number of likely N-dealkylation sites (N-methyl/N-ethyl adjacent to an activating group) is 1. The number of benzene rings is 1. The summed E-state index contributed by atoms with van der Waals surface area (Å²) in [6, 6.07) is 17.7. The number of nitrogens with zero attached hydrogens (tertiary/aromatic N) is 2. The Labute approximate surface area is 164 Å². The summed E-state index contributed by atoms with van der Waals surface area (Å²) in [5.41, 5.74) is 1.95. The summed E-state index contributed by atoms with van der Waals surface area (Å²) in [4.78, 5) is 6.52. The lowest BCUT2D eigenvalue weighted by atomic mass is 10.0. The number of thiocarbonyl (C=S) groups is 1. The molecule has 0 radical (unpaired) electrons. The minimum absolute atomic E-state index is 0.0520. The van der Waals surface area contributed by atoms with Crippen molar-refractivity contribution in [1.29, 1.82) is 0 Å². The van der Waals surface area contributed by atoms with Crippen molar-refractivity contribution >= 4 is 17.3 Å². The lowest BCUT2D eigenvalue weighted by molar-refractivity contribution is 0.310. The molecule has 3 heterocycles. The second kappa shape index (κ2) is 7.40. The molecule has 1 saturated heterocycles. The summed E-state index contributed by atoms with van der Waals surface area (Å²) in [7, 11) is 1.97. The van der Waals surface area contributed by atoms with Gasteiger partial charge in [-0.05, 0) is 67.7 Å². The van der Waals surface area contributed by atoms with E-state index in [9.17, 15) is 0 Å². The Bertz CT molecular complexity index is 924. The molecule has 0 aliphatic carbocycles. The van der Waals surface area contributed by atoms with E-state index in [0.29, 0.717) is 11.7 Å². The molecule has 0 spiro atoms. The van der Waals surface area contributed by atoms with Gasteiger partial charge in [-0.15, -0.1) is 0 Å². The first kappa shape index (κ1) is 17.5. The van der Waals surface area contributed by atoms with E-state index in [1.54, 1.807) is 6.20 Å². The molecule has 0 saturated carbocycles. The fourth-order valence-electron chi connectivity index (χ4n) is 3.36. The van der Waals surface area contributed by atoms with Crippen molar-refractivity contribution in [1.82, 2.24) is 15.2 Å². The molecular formula is C21H21N3O2S. The first-order chi connectivity index (χ1) is 13.2. The second-order valence-corrected chi connectivity index (χ2v) is 6.78. The van der Waals surface area contributed by atoms with Crippen LogP contribution in [0.1, 0.15) is 30.5 Å². The molecule has 6 heteroatoms. The molecule has 0 bridgehead atoms. The maximum Gasteiger partial charge on any atom is 0.170 e. The summed E-state index contributed by atoms with van der Waals surface area (Å²) in [6.45, 7) is 2.63. The van der Waals surface area contributed by atoms with Gasteiger partial charge in [-0.3, -0.25) is 4.98 Å². The lowest BCUT2D eigenvalue weighted by Gasteiger charge is -2.21. The third-order valence-corrected chi connectivity index (χ3v) is 5.11. The van der Waals surface area contributed by atoms with Crippen LogP contribution in [0.15, 0.2) is 65.2 Å². The predicted molar refractivity (Wildman–Crippen MR) is 109 cm³/mol. The standard InChI is InChI=1S/C21H21N3O2S/c1-3-25-15-9-7-14(8-10-15)17-11-12-18(26-17)20-19(23-21(27)24(20)2)16-6-4-5-13-22-16/h4-13,19-20H,3H2,1-2H3,(H,23,27)/t19-,20+/m0/s1. The molecule has 2 atom stereocenters. The quantitative estimate of drug-likeness (QED) is 0.666. The van der Waals surface area contributed by atoms with Crippen LogP contribution in [0.4, 0.5) is 0 Å². The van der Waals surface area contributed by atoms with E-state index < -0.39 is 0 Å². The molecule has 0 amide bonds. The third-order valence-electron chi connectivity index (χ3n) is 4.71. The Morgan fingerprint density at radius 3 is 2.67 bits per heavy atom. The topological polar surface area (TPSA) is 50.5 Å². The van der Waals surface area contributed by atoms with Crippen molar-refractivity contribution in [3.63, 3.8) is 0 Å². The van der Waals surface area contributed by atoms with Crippen molar-refractivity contribution in [3.8, 4) is 17.1 Å². The highest BCUT2D eigenvalue weighted by molar-refractivity contribution is 7.80. The zero-order valence-electron chi connectivity index (χ0n) is 15.3. The largest absolute Gasteiger partial charge is 0.494 e. The van der Waals surface area contributed by atoms with E-state index in [0.717, 1.165) is 28.5 Å². The molecule has 5 nitrogen and oxygen atoms in total. The van der Waals surface area contributed by atoms with Crippen molar-refractivity contribution in [2.24, 2.45) is 0 Å². The summed E-state index contributed by atoms with van der Waals surface area (Å²) in [5.74, 6) is 2.52. The van der Waals surface area contributed by atoms with E-state index in [-0.39, 0.29) is 12.1 Å². The van der Waals surface area contributed by atoms with Crippen molar-refractivity contribution in [2.75, 3.05) is 13.7 Å². The molecule has 2 aromatic heterocycles. The fraction of sp³-hybridized carbons (Fsp3) is 0.238. The summed E-state index contributed by atoms with van der Waals surface area (Å²) >= 11 is 5.47. The van der Waals surface area contributed by atoms with Crippen LogP contribution in [-0.2, 0) is 0 Å². The number of aromatic nitrogens is 1. The molecule has 1 aliphatic heterocycles. The van der Waals surface area contributed by atoms with Crippen molar-refractivity contribution in [3.05, 3.63) is 72.2 Å². The van der Waals surface area contributed by atoms with Crippen molar-refractivity contribution in [2.45, 2.75) is 19.0 Å². The highest BCUT2D eigenvalue weighted by Gasteiger charge is 2.39. The van der Waals surface area contributed by atoms with Gasteiger partial charge in [0.15, 0.2) is 5.11 Å². The Hall–Kier alpha value is -2.86. The van der Waals surface area contributed by atoms with Crippen LogP contribution < -0.4 is 10.1 Å². The van der Waals surface area contributed by atoms with Gasteiger partial charge in [0.2, 0.25) is 0 Å². The van der Waals surface area contributed by atoms with Gasteiger partial charge in [-0.2, -0.15) is 0 Å². The molecular weight excluding hydrogens is 358 g/mol. The highest BCUT2D eigenvalue weighted by atomic mass is 32.1. The summed E-state index contributed by atoms with van der Waals surface area (Å²) in [6.07, 6.45) is 1.79. The third kappa shape index (κ3) is 3.40. The number of ether oxygens (including phenoxy) is 1. The van der Waals surface area contributed by atoms with Crippen LogP contribution >= 0.6 is 12.2 Å². The van der Waals surface area contributed by atoms with E-state index >= 15 is 0 Å². The average Bonchev–Trinajstić information content (AvgIpc) is 3.29. The zero-order valence-corrected chi connectivity index (χ0v) is 16.1. The molecule has 27 heavy (non-hydrogen) atoms. The van der Waals surface area contributed by atoms with Gasteiger partial charge in [-0.1, -0.05) is 6.07 Å². The van der Waals surface area contributed by atoms with Gasteiger partial charge in [0.25, 0.3) is 0 Å². The molecule has 4 rings (SSSR count). The van der Waals surface area contributed by atoms with Crippen LogP contribution in [0.2, 0.25) is 0 Å². The van der Waals surface area contributed by atoms with Gasteiger partial charge in [0.05, 0.1) is 18.3 Å². The van der Waals surface area contributed by atoms with Crippen LogP contribution in [0.5, 0.6) is 5.75 Å². The second-order valence-electron chi connectivity index (χ2n) is 6.40. The van der Waals surface area contributed by atoms with E-state index in [1.165, 1.54) is 0 Å². The number of furan rings is 1. The number of nitrogens with one attached hydrogen (secondary N) is 1. The minimum Gasteiger partial charge on any atom is -0.494 e. The summed E-state index contributed by atoms with van der Waals surface area (Å²) < 4.78 is 11.7. The van der Waals surface area contributed by atoms with E-state index in [2.05, 4.69) is 10.3 Å². The van der Waals surface area contributed by atoms with E-state index in [4.69, 9.17) is 21.4 Å². The maximum absolute atomic E-state index is 6.21. The first-order valence-corrected chi connectivity index (χ1v) is 9.35. The molecule has 1 aromatic carbocycles. The lowest BCUT2D eigenvalue weighted by Crippen LogP contribution is -2.24. The Balaban J connectivity index is 1.63. The number of pyridine rings is 1. The molecule has 1 fully saturated rings. The molecule has 1 N–H and O–H groups in total. The average molecular weight is 379 g/mol. The zero-order chi connectivity index (χ0) is 18.8. The van der Waals surface area contributed by atoms with Gasteiger partial charge in [0, 0.05) is 18.8 Å². The Morgan fingerprint density at radius 2 is 1.96 bits per heavy atom.